The number of aliphatic carboxylic acids is 1. The predicted octanol–water partition coefficient (Wildman–Crippen LogP) is 3.47. The van der Waals surface area contributed by atoms with Crippen molar-refractivity contribution in [3.8, 4) is 0 Å². The van der Waals surface area contributed by atoms with E-state index in [9.17, 15) is 9.90 Å². The summed E-state index contributed by atoms with van der Waals surface area (Å²) in [5.41, 5.74) is -0.925. The average molecular weight is 242 g/mol. The van der Waals surface area contributed by atoms with Gasteiger partial charge in [-0.25, -0.2) is 4.79 Å². The van der Waals surface area contributed by atoms with Gasteiger partial charge in [-0.15, -0.1) is 0 Å². The van der Waals surface area contributed by atoms with Crippen LogP contribution in [0.15, 0.2) is 0 Å². The molecule has 1 rings (SSSR count). The van der Waals surface area contributed by atoms with E-state index in [2.05, 4.69) is 20.8 Å². The molecule has 0 radical (unpaired) electrons. The van der Waals surface area contributed by atoms with E-state index in [1.807, 2.05) is 6.92 Å². The van der Waals surface area contributed by atoms with Gasteiger partial charge in [0.2, 0.25) is 0 Å². The van der Waals surface area contributed by atoms with Gasteiger partial charge in [-0.3, -0.25) is 0 Å². The Morgan fingerprint density at radius 3 is 2.59 bits per heavy atom. The minimum Gasteiger partial charge on any atom is -0.479 e. The molecule has 0 bridgehead atoms. The van der Waals surface area contributed by atoms with Crippen LogP contribution in [0.4, 0.5) is 0 Å². The molecule has 1 N–H and O–H groups in total. The first-order valence-corrected chi connectivity index (χ1v) is 6.77. The van der Waals surface area contributed by atoms with Gasteiger partial charge < -0.3 is 9.84 Å². The molecule has 0 aromatic heterocycles. The van der Waals surface area contributed by atoms with Gasteiger partial charge in [0.05, 0.1) is 6.10 Å². The molecular weight excluding hydrogens is 216 g/mol. The number of carboxylic acids is 1. The van der Waals surface area contributed by atoms with Crippen molar-refractivity contribution in [1.82, 2.24) is 0 Å². The van der Waals surface area contributed by atoms with Crippen LogP contribution in [0, 0.1) is 11.8 Å². The molecule has 1 saturated carbocycles. The lowest BCUT2D eigenvalue weighted by atomic mass is 9.78. The lowest BCUT2D eigenvalue weighted by Gasteiger charge is -2.38. The molecule has 0 spiro atoms. The summed E-state index contributed by atoms with van der Waals surface area (Å²) in [6, 6.07) is 0. The molecule has 100 valence electrons. The Labute approximate surface area is 105 Å². The summed E-state index contributed by atoms with van der Waals surface area (Å²) in [4.78, 5) is 11.5. The molecular formula is C14H26O3. The summed E-state index contributed by atoms with van der Waals surface area (Å²) in [6.07, 6.45) is 4.35. The molecule has 0 amide bonds. The number of carboxylic acid groups (broad SMARTS) is 1. The van der Waals surface area contributed by atoms with Crippen molar-refractivity contribution in [2.75, 3.05) is 0 Å². The number of hydrogen-bond acceptors (Lipinski definition) is 2. The van der Waals surface area contributed by atoms with Gasteiger partial charge in [0.25, 0.3) is 0 Å². The monoisotopic (exact) mass is 242 g/mol. The predicted molar refractivity (Wildman–Crippen MR) is 68.0 cm³/mol. The second-order valence-electron chi connectivity index (χ2n) is 6.06. The van der Waals surface area contributed by atoms with Gasteiger partial charge in [0, 0.05) is 0 Å². The molecule has 0 aliphatic heterocycles. The van der Waals surface area contributed by atoms with Crippen molar-refractivity contribution in [3.05, 3.63) is 0 Å². The first-order valence-electron chi connectivity index (χ1n) is 6.77. The Kier molecular flexibility index (Phi) is 4.99. The van der Waals surface area contributed by atoms with Gasteiger partial charge >= 0.3 is 5.97 Å². The Balaban J connectivity index is 2.68. The van der Waals surface area contributed by atoms with Crippen LogP contribution >= 0.6 is 0 Å². The zero-order valence-electron chi connectivity index (χ0n) is 11.5. The van der Waals surface area contributed by atoms with E-state index < -0.39 is 11.6 Å². The Hall–Kier alpha value is -0.570. The van der Waals surface area contributed by atoms with Gasteiger partial charge in [0.1, 0.15) is 0 Å². The van der Waals surface area contributed by atoms with Crippen LogP contribution in [0.2, 0.25) is 0 Å². The highest BCUT2D eigenvalue weighted by molar-refractivity contribution is 5.77. The molecule has 3 heteroatoms. The van der Waals surface area contributed by atoms with Crippen molar-refractivity contribution < 1.29 is 14.6 Å². The molecule has 0 aromatic rings. The molecule has 3 atom stereocenters. The van der Waals surface area contributed by atoms with E-state index in [4.69, 9.17) is 4.74 Å². The quantitative estimate of drug-likeness (QED) is 0.803. The zero-order chi connectivity index (χ0) is 13.1. The third-order valence-electron chi connectivity index (χ3n) is 3.58. The van der Waals surface area contributed by atoms with E-state index in [-0.39, 0.29) is 6.10 Å². The maximum atomic E-state index is 11.5. The molecule has 1 fully saturated rings. The molecule has 3 unspecified atom stereocenters. The Morgan fingerprint density at radius 1 is 1.47 bits per heavy atom. The Bertz CT molecular complexity index is 262. The third kappa shape index (κ3) is 3.98. The minimum absolute atomic E-state index is 0.0244. The third-order valence-corrected chi connectivity index (χ3v) is 3.58. The standard InChI is InChI=1S/C14H26O3/c1-10(2)8-12(4)17-14(13(15)16)7-5-6-11(3)9-14/h10-12H,5-9H2,1-4H3,(H,15,16). The van der Waals surface area contributed by atoms with E-state index in [0.29, 0.717) is 24.7 Å². The normalized spacial score (nSPS) is 31.5. The van der Waals surface area contributed by atoms with Crippen molar-refractivity contribution >= 4 is 5.97 Å². The van der Waals surface area contributed by atoms with Crippen LogP contribution in [0.25, 0.3) is 0 Å². The summed E-state index contributed by atoms with van der Waals surface area (Å²) in [5.74, 6) is 0.211. The molecule has 17 heavy (non-hydrogen) atoms. The number of rotatable bonds is 5. The Morgan fingerprint density at radius 2 is 2.12 bits per heavy atom. The minimum atomic E-state index is -0.925. The van der Waals surface area contributed by atoms with E-state index in [0.717, 1.165) is 19.3 Å². The highest BCUT2D eigenvalue weighted by Crippen LogP contribution is 2.36. The number of ether oxygens (including phenoxy) is 1. The fourth-order valence-electron chi connectivity index (χ4n) is 2.95. The highest BCUT2D eigenvalue weighted by Gasteiger charge is 2.44. The summed E-state index contributed by atoms with van der Waals surface area (Å²) >= 11 is 0. The van der Waals surface area contributed by atoms with E-state index in [1.165, 1.54) is 0 Å². The zero-order valence-corrected chi connectivity index (χ0v) is 11.5. The first kappa shape index (κ1) is 14.5. The van der Waals surface area contributed by atoms with Gasteiger partial charge in [-0.2, -0.15) is 0 Å². The molecule has 1 aliphatic carbocycles. The fraction of sp³-hybridized carbons (Fsp3) is 0.929. The molecule has 0 heterocycles. The van der Waals surface area contributed by atoms with Crippen molar-refractivity contribution in [2.45, 2.75) is 71.5 Å². The van der Waals surface area contributed by atoms with Gasteiger partial charge in [-0.05, 0) is 44.4 Å². The fourth-order valence-corrected chi connectivity index (χ4v) is 2.95. The first-order chi connectivity index (χ1) is 7.85. The van der Waals surface area contributed by atoms with Crippen molar-refractivity contribution in [2.24, 2.45) is 11.8 Å². The number of hydrogen-bond donors (Lipinski definition) is 1. The maximum absolute atomic E-state index is 11.5. The summed E-state index contributed by atoms with van der Waals surface area (Å²) < 4.78 is 5.92. The average Bonchev–Trinajstić information content (AvgIpc) is 2.15. The van der Waals surface area contributed by atoms with Gasteiger partial charge in [-0.1, -0.05) is 27.2 Å². The largest absolute Gasteiger partial charge is 0.479 e. The number of carbonyl (C=O) groups is 1. The van der Waals surface area contributed by atoms with Crippen LogP contribution in [-0.2, 0) is 9.53 Å². The molecule has 0 aromatic carbocycles. The lowest BCUT2D eigenvalue weighted by molar-refractivity contribution is -0.182. The van der Waals surface area contributed by atoms with Crippen LogP contribution in [-0.4, -0.2) is 22.8 Å². The smallest absolute Gasteiger partial charge is 0.335 e. The maximum Gasteiger partial charge on any atom is 0.335 e. The van der Waals surface area contributed by atoms with E-state index in [1.54, 1.807) is 0 Å². The van der Waals surface area contributed by atoms with Crippen molar-refractivity contribution in [3.63, 3.8) is 0 Å². The molecule has 1 aliphatic rings. The SMILES string of the molecule is CC(C)CC(C)OC1(C(=O)O)CCCC(C)C1. The van der Waals surface area contributed by atoms with Crippen LogP contribution in [0.3, 0.4) is 0 Å². The summed E-state index contributed by atoms with van der Waals surface area (Å²) in [6.45, 7) is 8.38. The second kappa shape index (κ2) is 5.85. The van der Waals surface area contributed by atoms with Gasteiger partial charge in [0.15, 0.2) is 5.60 Å². The van der Waals surface area contributed by atoms with Crippen LogP contribution in [0.1, 0.15) is 59.8 Å². The molecule has 3 nitrogen and oxygen atoms in total. The summed E-state index contributed by atoms with van der Waals surface area (Å²) in [5, 5.41) is 9.46. The topological polar surface area (TPSA) is 46.5 Å². The second-order valence-corrected chi connectivity index (χ2v) is 6.06. The van der Waals surface area contributed by atoms with E-state index >= 15 is 0 Å². The lowest BCUT2D eigenvalue weighted by Crippen LogP contribution is -2.47. The van der Waals surface area contributed by atoms with Crippen LogP contribution in [0.5, 0.6) is 0 Å². The molecule has 0 saturated heterocycles. The highest BCUT2D eigenvalue weighted by atomic mass is 16.5. The summed E-state index contributed by atoms with van der Waals surface area (Å²) in [7, 11) is 0. The van der Waals surface area contributed by atoms with Crippen molar-refractivity contribution in [1.29, 1.82) is 0 Å². The van der Waals surface area contributed by atoms with Crippen LogP contribution < -0.4 is 0 Å².